The summed E-state index contributed by atoms with van der Waals surface area (Å²) in [5.74, 6) is -0.325. The number of fused-ring (bicyclic) bond motifs is 2. The van der Waals surface area contributed by atoms with Gasteiger partial charge in [0.05, 0.1) is 10.8 Å². The number of ether oxygens (including phenoxy) is 1. The van der Waals surface area contributed by atoms with Crippen LogP contribution in [0.15, 0.2) is 41.3 Å². The van der Waals surface area contributed by atoms with Crippen LogP contribution >= 0.6 is 0 Å². The lowest BCUT2D eigenvalue weighted by molar-refractivity contribution is -0.152. The fourth-order valence-corrected chi connectivity index (χ4v) is 5.44. The number of sulfonamides is 1. The molecule has 0 aromatic heterocycles. The third-order valence-corrected chi connectivity index (χ3v) is 7.43. The molecule has 0 heterocycles. The quantitative estimate of drug-likeness (QED) is 0.529. The van der Waals surface area contributed by atoms with Crippen LogP contribution in [0.2, 0.25) is 0 Å². The molecule has 2 aliphatic rings. The number of hydrogen-bond acceptors (Lipinski definition) is 5. The van der Waals surface area contributed by atoms with Gasteiger partial charge in [-0.2, -0.15) is 4.31 Å². The van der Waals surface area contributed by atoms with Crippen LogP contribution < -0.4 is 5.32 Å². The number of anilines is 1. The molecule has 1 N–H and O–H groups in total. The number of carbonyl (C=O) groups is 2. The maximum Gasteiger partial charge on any atom is 0.310 e. The number of amides is 1. The van der Waals surface area contributed by atoms with Gasteiger partial charge in [0, 0.05) is 18.8 Å². The molecule has 1 amide bonds. The Balaban J connectivity index is 1.57. The van der Waals surface area contributed by atoms with E-state index in [1.807, 2.05) is 0 Å². The second-order valence-corrected chi connectivity index (χ2v) is 9.10. The van der Waals surface area contributed by atoms with E-state index in [9.17, 15) is 18.0 Å². The van der Waals surface area contributed by atoms with Gasteiger partial charge in [-0.3, -0.25) is 9.59 Å². The highest BCUT2D eigenvalue weighted by Crippen LogP contribution is 2.43. The van der Waals surface area contributed by atoms with Gasteiger partial charge < -0.3 is 10.1 Å². The number of carbonyl (C=O) groups excluding carboxylic acids is 2. The molecule has 28 heavy (non-hydrogen) atoms. The minimum Gasteiger partial charge on any atom is -0.455 e. The van der Waals surface area contributed by atoms with Crippen molar-refractivity contribution >= 4 is 27.6 Å². The van der Waals surface area contributed by atoms with E-state index in [1.54, 1.807) is 26.0 Å². The number of nitrogens with zero attached hydrogens (tertiary/aromatic N) is 1. The van der Waals surface area contributed by atoms with E-state index >= 15 is 0 Å². The fraction of sp³-hybridized carbons (Fsp3) is 0.500. The van der Waals surface area contributed by atoms with Gasteiger partial charge in [-0.05, 0) is 42.9 Å². The largest absolute Gasteiger partial charge is 0.455 e. The summed E-state index contributed by atoms with van der Waals surface area (Å²) >= 11 is 0. The van der Waals surface area contributed by atoms with Crippen LogP contribution in [0.3, 0.4) is 0 Å². The lowest BCUT2D eigenvalue weighted by Gasteiger charge is -2.19. The van der Waals surface area contributed by atoms with E-state index in [1.165, 1.54) is 16.4 Å². The van der Waals surface area contributed by atoms with Crippen LogP contribution in [-0.4, -0.2) is 44.3 Å². The lowest BCUT2D eigenvalue weighted by Crippen LogP contribution is -2.30. The number of allylic oxidation sites excluding steroid dienone is 2. The average molecular weight is 407 g/mol. The number of esters is 1. The Morgan fingerprint density at radius 3 is 2.54 bits per heavy atom. The molecular formula is C20H26N2O5S. The van der Waals surface area contributed by atoms with E-state index in [0.717, 1.165) is 12.8 Å². The summed E-state index contributed by atoms with van der Waals surface area (Å²) in [4.78, 5) is 24.4. The summed E-state index contributed by atoms with van der Waals surface area (Å²) in [6.07, 6.45) is 5.97. The third kappa shape index (κ3) is 4.28. The van der Waals surface area contributed by atoms with Crippen molar-refractivity contribution in [3.8, 4) is 0 Å². The fourth-order valence-electron chi connectivity index (χ4n) is 3.94. The van der Waals surface area contributed by atoms with Crippen LogP contribution in [0.4, 0.5) is 5.69 Å². The van der Waals surface area contributed by atoms with E-state index < -0.39 is 15.9 Å². The topological polar surface area (TPSA) is 92.8 Å². The van der Waals surface area contributed by atoms with Gasteiger partial charge >= 0.3 is 5.97 Å². The van der Waals surface area contributed by atoms with Gasteiger partial charge in [0.25, 0.3) is 5.91 Å². The Hall–Kier alpha value is -2.19. The smallest absolute Gasteiger partial charge is 0.310 e. The van der Waals surface area contributed by atoms with Gasteiger partial charge in [0.15, 0.2) is 6.61 Å². The summed E-state index contributed by atoms with van der Waals surface area (Å²) in [5.41, 5.74) is 0.345. The molecule has 1 aromatic carbocycles. The zero-order chi connectivity index (χ0) is 20.3. The Morgan fingerprint density at radius 1 is 1.18 bits per heavy atom. The van der Waals surface area contributed by atoms with Crippen molar-refractivity contribution in [3.05, 3.63) is 36.4 Å². The van der Waals surface area contributed by atoms with Crippen LogP contribution in [-0.2, 0) is 24.3 Å². The highest BCUT2D eigenvalue weighted by atomic mass is 32.2. The first-order chi connectivity index (χ1) is 13.3. The average Bonchev–Trinajstić information content (AvgIpc) is 3.30. The van der Waals surface area contributed by atoms with Crippen molar-refractivity contribution in [2.75, 3.05) is 25.0 Å². The second kappa shape index (κ2) is 8.45. The molecule has 2 aliphatic carbocycles. The first-order valence-electron chi connectivity index (χ1n) is 9.60. The van der Waals surface area contributed by atoms with Gasteiger partial charge in [0.1, 0.15) is 0 Å². The normalized spacial score (nSPS) is 23.2. The third-order valence-electron chi connectivity index (χ3n) is 5.39. The Labute approximate surface area is 165 Å². The molecule has 2 bridgehead atoms. The maximum atomic E-state index is 12.6. The number of nitrogens with one attached hydrogen (secondary N) is 1. The van der Waals surface area contributed by atoms with Crippen LogP contribution in [0.1, 0.15) is 26.7 Å². The number of hydrogen-bond donors (Lipinski definition) is 1. The number of benzene rings is 1. The molecule has 0 radical (unpaired) electrons. The molecule has 1 saturated carbocycles. The van der Waals surface area contributed by atoms with Crippen molar-refractivity contribution < 1.29 is 22.7 Å². The van der Waals surface area contributed by atoms with Crippen LogP contribution in [0.25, 0.3) is 0 Å². The van der Waals surface area contributed by atoms with E-state index in [0.29, 0.717) is 24.7 Å². The minimum atomic E-state index is -3.61. The monoisotopic (exact) mass is 406 g/mol. The summed E-state index contributed by atoms with van der Waals surface area (Å²) in [7, 11) is -3.61. The molecule has 7 nitrogen and oxygen atoms in total. The highest BCUT2D eigenvalue weighted by Gasteiger charge is 2.40. The van der Waals surface area contributed by atoms with Gasteiger partial charge in [-0.15, -0.1) is 0 Å². The molecular weight excluding hydrogens is 380 g/mol. The van der Waals surface area contributed by atoms with Crippen molar-refractivity contribution in [3.63, 3.8) is 0 Å². The first-order valence-corrected chi connectivity index (χ1v) is 11.0. The molecule has 0 spiro atoms. The zero-order valence-electron chi connectivity index (χ0n) is 16.1. The molecule has 0 saturated heterocycles. The molecule has 0 unspecified atom stereocenters. The van der Waals surface area contributed by atoms with E-state index in [2.05, 4.69) is 17.5 Å². The molecule has 3 rings (SSSR count). The first kappa shape index (κ1) is 20.5. The standard InChI is InChI=1S/C20H26N2O5S/c1-3-22(4-2)28(25,26)17-7-5-6-16(12-17)21-19(23)13-27-20(24)18-11-14-8-9-15(18)10-14/h5-9,12,14-15,18H,3-4,10-11,13H2,1-2H3,(H,21,23)/t14-,15+,18-/m1/s1. The summed E-state index contributed by atoms with van der Waals surface area (Å²) in [5, 5.41) is 2.60. The molecule has 152 valence electrons. The maximum absolute atomic E-state index is 12.6. The molecule has 3 atom stereocenters. The summed E-state index contributed by atoms with van der Waals surface area (Å²) in [6.45, 7) is 3.89. The van der Waals surface area contributed by atoms with Gasteiger partial charge in [-0.25, -0.2) is 8.42 Å². The molecule has 8 heteroatoms. The van der Waals surface area contributed by atoms with Crippen LogP contribution in [0.5, 0.6) is 0 Å². The Kier molecular flexibility index (Phi) is 6.20. The SMILES string of the molecule is CCN(CC)S(=O)(=O)c1cccc(NC(=O)COC(=O)[C@@H]2C[C@@H]3C=C[C@H]2C3)c1. The van der Waals surface area contributed by atoms with Crippen molar-refractivity contribution in [1.29, 1.82) is 0 Å². The summed E-state index contributed by atoms with van der Waals surface area (Å²) < 4.78 is 31.7. The Morgan fingerprint density at radius 2 is 1.93 bits per heavy atom. The minimum absolute atomic E-state index is 0.111. The Bertz CT molecular complexity index is 876. The van der Waals surface area contributed by atoms with Crippen molar-refractivity contribution in [2.24, 2.45) is 17.8 Å². The predicted octanol–water partition coefficient (Wildman–Crippen LogP) is 2.41. The molecule has 1 fully saturated rings. The lowest BCUT2D eigenvalue weighted by atomic mass is 9.94. The van der Waals surface area contributed by atoms with E-state index in [4.69, 9.17) is 4.74 Å². The van der Waals surface area contributed by atoms with Crippen molar-refractivity contribution in [2.45, 2.75) is 31.6 Å². The van der Waals surface area contributed by atoms with Gasteiger partial charge in [0.2, 0.25) is 10.0 Å². The molecule has 1 aromatic rings. The van der Waals surface area contributed by atoms with Crippen LogP contribution in [0, 0.1) is 17.8 Å². The van der Waals surface area contributed by atoms with E-state index in [-0.39, 0.29) is 29.3 Å². The van der Waals surface area contributed by atoms with Crippen molar-refractivity contribution in [1.82, 2.24) is 4.31 Å². The summed E-state index contributed by atoms with van der Waals surface area (Å²) in [6, 6.07) is 6.07. The zero-order valence-corrected chi connectivity index (χ0v) is 16.9. The second-order valence-electron chi connectivity index (χ2n) is 7.16. The predicted molar refractivity (Wildman–Crippen MR) is 105 cm³/mol. The van der Waals surface area contributed by atoms with Gasteiger partial charge in [-0.1, -0.05) is 32.1 Å². The number of rotatable bonds is 8. The highest BCUT2D eigenvalue weighted by molar-refractivity contribution is 7.89. The molecule has 0 aliphatic heterocycles.